The van der Waals surface area contributed by atoms with E-state index >= 15 is 0 Å². The maximum absolute atomic E-state index is 6.10. The number of nitrogens with two attached hydrogens (primary N) is 1. The van der Waals surface area contributed by atoms with Crippen molar-refractivity contribution in [1.29, 1.82) is 0 Å². The fraction of sp³-hybridized carbons (Fsp3) is 1.00. The minimum absolute atomic E-state index is 0.442. The number of hydrogen-bond donors (Lipinski definition) is 1. The molecule has 2 atom stereocenters. The lowest BCUT2D eigenvalue weighted by molar-refractivity contribution is 0.119. The minimum Gasteiger partial charge on any atom is -0.326 e. The summed E-state index contributed by atoms with van der Waals surface area (Å²) in [4.78, 5) is 2.52. The first-order valence-electron chi connectivity index (χ1n) is 6.12. The van der Waals surface area contributed by atoms with Crippen LogP contribution in [0.2, 0.25) is 0 Å². The normalized spacial score (nSPS) is 42.9. The molecule has 14 heavy (non-hydrogen) atoms. The Morgan fingerprint density at radius 3 is 2.50 bits per heavy atom. The van der Waals surface area contributed by atoms with Crippen LogP contribution in [0.1, 0.15) is 39.0 Å². The lowest BCUT2D eigenvalue weighted by Crippen LogP contribution is -2.45. The zero-order chi connectivity index (χ0) is 10.1. The molecular weight excluding hydrogens is 172 g/mol. The Bertz CT molecular complexity index is 187. The van der Waals surface area contributed by atoms with Gasteiger partial charge in [0.1, 0.15) is 0 Å². The standard InChI is InChI=1S/C12H24N2/c1-9-6-10(7-9)8-14(2)12-5-3-4-11(12)13/h9-12H,3-8,13H2,1-2H3. The smallest absolute Gasteiger partial charge is 0.0244 e. The molecule has 0 aromatic rings. The zero-order valence-electron chi connectivity index (χ0n) is 9.58. The molecule has 0 amide bonds. The lowest BCUT2D eigenvalue weighted by Gasteiger charge is -2.38. The Kier molecular flexibility index (Phi) is 3.13. The molecule has 0 aromatic heterocycles. The topological polar surface area (TPSA) is 29.3 Å². The summed E-state index contributed by atoms with van der Waals surface area (Å²) in [6.45, 7) is 3.64. The van der Waals surface area contributed by atoms with Crippen LogP contribution in [0.25, 0.3) is 0 Å². The van der Waals surface area contributed by atoms with E-state index in [1.54, 1.807) is 0 Å². The van der Waals surface area contributed by atoms with Crippen molar-refractivity contribution in [3.63, 3.8) is 0 Å². The van der Waals surface area contributed by atoms with Crippen LogP contribution in [0.15, 0.2) is 0 Å². The molecule has 0 radical (unpaired) electrons. The Balaban J connectivity index is 1.74. The average molecular weight is 196 g/mol. The third-order valence-corrected chi connectivity index (χ3v) is 4.12. The van der Waals surface area contributed by atoms with Crippen molar-refractivity contribution >= 4 is 0 Å². The molecule has 0 aliphatic heterocycles. The van der Waals surface area contributed by atoms with Crippen molar-refractivity contribution in [1.82, 2.24) is 4.90 Å². The second-order valence-electron chi connectivity index (χ2n) is 5.54. The highest BCUT2D eigenvalue weighted by Crippen LogP contribution is 2.34. The molecule has 82 valence electrons. The van der Waals surface area contributed by atoms with Gasteiger partial charge in [-0.1, -0.05) is 13.3 Å². The van der Waals surface area contributed by atoms with E-state index in [0.717, 1.165) is 11.8 Å². The van der Waals surface area contributed by atoms with Gasteiger partial charge in [0.25, 0.3) is 0 Å². The average Bonchev–Trinajstić information content (AvgIpc) is 2.48. The van der Waals surface area contributed by atoms with Gasteiger partial charge in [-0.15, -0.1) is 0 Å². The van der Waals surface area contributed by atoms with Crippen LogP contribution in [0, 0.1) is 11.8 Å². The Morgan fingerprint density at radius 1 is 1.29 bits per heavy atom. The number of hydrogen-bond acceptors (Lipinski definition) is 2. The van der Waals surface area contributed by atoms with E-state index < -0.39 is 0 Å². The molecule has 0 saturated heterocycles. The van der Waals surface area contributed by atoms with Gasteiger partial charge in [0.15, 0.2) is 0 Å². The molecule has 2 heteroatoms. The van der Waals surface area contributed by atoms with E-state index in [2.05, 4.69) is 18.9 Å². The van der Waals surface area contributed by atoms with Crippen molar-refractivity contribution in [3.8, 4) is 0 Å². The zero-order valence-corrected chi connectivity index (χ0v) is 9.58. The highest BCUT2D eigenvalue weighted by atomic mass is 15.2. The van der Waals surface area contributed by atoms with Gasteiger partial charge in [0.05, 0.1) is 0 Å². The van der Waals surface area contributed by atoms with Crippen LogP contribution in [-0.2, 0) is 0 Å². The second kappa shape index (κ2) is 4.19. The van der Waals surface area contributed by atoms with Gasteiger partial charge in [0.2, 0.25) is 0 Å². The Labute approximate surface area is 87.8 Å². The number of rotatable bonds is 3. The molecule has 0 spiro atoms. The molecule has 0 aromatic carbocycles. The molecule has 2 rings (SSSR count). The van der Waals surface area contributed by atoms with Crippen molar-refractivity contribution < 1.29 is 0 Å². The molecule has 0 heterocycles. The van der Waals surface area contributed by atoms with E-state index in [4.69, 9.17) is 5.73 Å². The molecule has 2 N–H and O–H groups in total. The first-order chi connectivity index (χ1) is 6.66. The summed E-state index contributed by atoms with van der Waals surface area (Å²) in [5.74, 6) is 1.94. The predicted molar refractivity (Wildman–Crippen MR) is 60.1 cm³/mol. The van der Waals surface area contributed by atoms with Crippen LogP contribution >= 0.6 is 0 Å². The van der Waals surface area contributed by atoms with Crippen LogP contribution < -0.4 is 5.73 Å². The summed E-state index contributed by atoms with van der Waals surface area (Å²) >= 11 is 0. The summed E-state index contributed by atoms with van der Waals surface area (Å²) in [5.41, 5.74) is 6.10. The van der Waals surface area contributed by atoms with E-state index in [1.165, 1.54) is 38.6 Å². The molecule has 2 nitrogen and oxygen atoms in total. The first-order valence-corrected chi connectivity index (χ1v) is 6.12. The quantitative estimate of drug-likeness (QED) is 0.746. The van der Waals surface area contributed by atoms with Gasteiger partial charge in [-0.3, -0.25) is 0 Å². The number of likely N-dealkylation sites (N-methyl/N-ethyl adjacent to an activating group) is 1. The summed E-state index contributed by atoms with van der Waals surface area (Å²) in [6.07, 6.45) is 6.76. The largest absolute Gasteiger partial charge is 0.326 e. The van der Waals surface area contributed by atoms with Gasteiger partial charge in [0, 0.05) is 18.6 Å². The lowest BCUT2D eigenvalue weighted by atomic mass is 9.76. The maximum atomic E-state index is 6.10. The van der Waals surface area contributed by atoms with E-state index in [9.17, 15) is 0 Å². The fourth-order valence-corrected chi connectivity index (χ4v) is 3.28. The minimum atomic E-state index is 0.442. The first kappa shape index (κ1) is 10.4. The molecule has 0 bridgehead atoms. The monoisotopic (exact) mass is 196 g/mol. The molecular formula is C12H24N2. The van der Waals surface area contributed by atoms with Gasteiger partial charge in [-0.2, -0.15) is 0 Å². The van der Waals surface area contributed by atoms with Crippen LogP contribution in [0.3, 0.4) is 0 Å². The third-order valence-electron chi connectivity index (χ3n) is 4.12. The molecule has 2 saturated carbocycles. The molecule has 2 aliphatic carbocycles. The van der Waals surface area contributed by atoms with Crippen LogP contribution in [0.4, 0.5) is 0 Å². The molecule has 2 unspecified atom stereocenters. The van der Waals surface area contributed by atoms with Gasteiger partial charge in [-0.25, -0.2) is 0 Å². The highest BCUT2D eigenvalue weighted by Gasteiger charge is 2.31. The highest BCUT2D eigenvalue weighted by molar-refractivity contribution is 4.89. The van der Waals surface area contributed by atoms with E-state index in [1.807, 2.05) is 0 Å². The fourth-order valence-electron chi connectivity index (χ4n) is 3.28. The molecule has 2 aliphatic rings. The summed E-state index contributed by atoms with van der Waals surface area (Å²) in [5, 5.41) is 0. The maximum Gasteiger partial charge on any atom is 0.0244 e. The predicted octanol–water partition coefficient (Wildman–Crippen LogP) is 1.84. The van der Waals surface area contributed by atoms with Crippen molar-refractivity contribution in [2.45, 2.75) is 51.1 Å². The van der Waals surface area contributed by atoms with E-state index in [0.29, 0.717) is 12.1 Å². The van der Waals surface area contributed by atoms with Crippen LogP contribution in [-0.4, -0.2) is 30.6 Å². The third kappa shape index (κ3) is 2.12. The van der Waals surface area contributed by atoms with Crippen molar-refractivity contribution in [3.05, 3.63) is 0 Å². The van der Waals surface area contributed by atoms with Gasteiger partial charge in [-0.05, 0) is 44.6 Å². The van der Waals surface area contributed by atoms with Crippen LogP contribution in [0.5, 0.6) is 0 Å². The van der Waals surface area contributed by atoms with Crippen molar-refractivity contribution in [2.24, 2.45) is 17.6 Å². The number of nitrogens with zero attached hydrogens (tertiary/aromatic N) is 1. The van der Waals surface area contributed by atoms with Gasteiger partial charge >= 0.3 is 0 Å². The van der Waals surface area contributed by atoms with Gasteiger partial charge < -0.3 is 10.6 Å². The Morgan fingerprint density at radius 2 is 2.00 bits per heavy atom. The summed E-state index contributed by atoms with van der Waals surface area (Å²) < 4.78 is 0. The van der Waals surface area contributed by atoms with Crippen molar-refractivity contribution in [2.75, 3.05) is 13.6 Å². The SMILES string of the molecule is CC1CC(CN(C)C2CCCC2N)C1. The Hall–Kier alpha value is -0.0800. The summed E-state index contributed by atoms with van der Waals surface area (Å²) in [6, 6.07) is 1.11. The summed E-state index contributed by atoms with van der Waals surface area (Å²) in [7, 11) is 2.26. The molecule has 2 fully saturated rings. The second-order valence-corrected chi connectivity index (χ2v) is 5.54. The van der Waals surface area contributed by atoms with E-state index in [-0.39, 0.29) is 0 Å².